The second-order valence-corrected chi connectivity index (χ2v) is 6.27. The largest absolute Gasteiger partial charge is 0.416 e. The second-order valence-electron chi connectivity index (χ2n) is 6.27. The summed E-state index contributed by atoms with van der Waals surface area (Å²) in [6, 6.07) is 5.49. The zero-order chi connectivity index (χ0) is 16.6. The summed E-state index contributed by atoms with van der Waals surface area (Å²) in [7, 11) is 5.65. The Balaban J connectivity index is 1.61. The van der Waals surface area contributed by atoms with Gasteiger partial charge in [-0.1, -0.05) is 12.1 Å². The van der Waals surface area contributed by atoms with Crippen molar-refractivity contribution < 1.29 is 18.0 Å². The molecule has 0 unspecified atom stereocenters. The Labute approximate surface area is 134 Å². The van der Waals surface area contributed by atoms with Gasteiger partial charge < -0.3 is 4.84 Å². The van der Waals surface area contributed by atoms with Gasteiger partial charge in [0.1, 0.15) is 14.0 Å². The average molecular weight is 322 g/mol. The van der Waals surface area contributed by atoms with Gasteiger partial charge in [0.15, 0.2) is 0 Å². The maximum Gasteiger partial charge on any atom is 0.416 e. The minimum absolute atomic E-state index is 0.0276. The predicted molar refractivity (Wildman–Crippen MR) is 82.2 cm³/mol. The SMILES string of the molecule is [B]C1=NO[C@@H]([C@@H]2CCN([C@@H](C)c3ccc(C(F)(F)F)cc3)C2)C1. The number of alkyl halides is 3. The first-order valence-corrected chi connectivity index (χ1v) is 7.74. The molecule has 3 atom stereocenters. The number of oxime groups is 1. The Morgan fingerprint density at radius 2 is 2.00 bits per heavy atom. The third-order valence-electron chi connectivity index (χ3n) is 4.77. The van der Waals surface area contributed by atoms with Crippen molar-refractivity contribution in [2.75, 3.05) is 13.1 Å². The third kappa shape index (κ3) is 3.55. The molecule has 0 spiro atoms. The number of hydrogen-bond donors (Lipinski definition) is 0. The molecule has 2 radical (unpaired) electrons. The highest BCUT2D eigenvalue weighted by Crippen LogP contribution is 2.34. The molecular formula is C16H18BF3N2O. The molecular weight excluding hydrogens is 304 g/mol. The lowest BCUT2D eigenvalue weighted by atomic mass is 9.90. The molecule has 3 nitrogen and oxygen atoms in total. The molecule has 0 N–H and O–H groups in total. The molecule has 122 valence electrons. The molecule has 2 aliphatic heterocycles. The van der Waals surface area contributed by atoms with Crippen LogP contribution in [0.3, 0.4) is 0 Å². The molecule has 7 heteroatoms. The molecule has 1 fully saturated rings. The van der Waals surface area contributed by atoms with E-state index < -0.39 is 11.7 Å². The monoisotopic (exact) mass is 322 g/mol. The van der Waals surface area contributed by atoms with E-state index >= 15 is 0 Å². The lowest BCUT2D eigenvalue weighted by Crippen LogP contribution is -2.28. The number of halogens is 3. The minimum Gasteiger partial charge on any atom is -0.393 e. The molecule has 0 bridgehead atoms. The first kappa shape index (κ1) is 16.4. The molecule has 23 heavy (non-hydrogen) atoms. The molecule has 0 aromatic heterocycles. The zero-order valence-corrected chi connectivity index (χ0v) is 12.9. The lowest BCUT2D eigenvalue weighted by molar-refractivity contribution is -0.137. The molecule has 0 saturated carbocycles. The predicted octanol–water partition coefficient (Wildman–Crippen LogP) is 3.36. The number of nitrogens with zero attached hydrogens (tertiary/aromatic N) is 2. The summed E-state index contributed by atoms with van der Waals surface area (Å²) in [5, 5.41) is 3.79. The van der Waals surface area contributed by atoms with E-state index in [0.29, 0.717) is 17.9 Å². The summed E-state index contributed by atoms with van der Waals surface area (Å²) in [5.41, 5.74) is 0.811. The van der Waals surface area contributed by atoms with Crippen molar-refractivity contribution in [1.82, 2.24) is 4.90 Å². The quantitative estimate of drug-likeness (QED) is 0.797. The van der Waals surface area contributed by atoms with Crippen LogP contribution in [0.2, 0.25) is 0 Å². The van der Waals surface area contributed by atoms with Gasteiger partial charge in [0, 0.05) is 30.5 Å². The van der Waals surface area contributed by atoms with Gasteiger partial charge in [-0.25, -0.2) is 0 Å². The van der Waals surface area contributed by atoms with Crippen LogP contribution in [0.25, 0.3) is 0 Å². The van der Waals surface area contributed by atoms with Crippen molar-refractivity contribution in [3.05, 3.63) is 35.4 Å². The van der Waals surface area contributed by atoms with E-state index in [-0.39, 0.29) is 12.1 Å². The standard InChI is InChI=1S/C16H18BF3N2O/c1-10(11-2-4-13(5-3-11)16(18,19)20)22-7-6-12(9-22)14-8-15(17)21-23-14/h2-5,10,12,14H,6-9H2,1H3/t10-,12+,14+/m0/s1. The van der Waals surface area contributed by atoms with Gasteiger partial charge in [-0.15, -0.1) is 5.16 Å². The lowest BCUT2D eigenvalue weighted by Gasteiger charge is -2.25. The molecule has 1 aromatic rings. The van der Waals surface area contributed by atoms with Crippen molar-refractivity contribution in [2.24, 2.45) is 11.1 Å². The van der Waals surface area contributed by atoms with Crippen LogP contribution in [0.1, 0.15) is 36.9 Å². The molecule has 1 saturated heterocycles. The van der Waals surface area contributed by atoms with Crippen LogP contribution in [-0.4, -0.2) is 37.6 Å². The van der Waals surface area contributed by atoms with E-state index in [9.17, 15) is 13.2 Å². The average Bonchev–Trinajstić information content (AvgIpc) is 3.14. The molecule has 1 aromatic carbocycles. The Kier molecular flexibility index (Phi) is 4.40. The first-order chi connectivity index (χ1) is 10.8. The summed E-state index contributed by atoms with van der Waals surface area (Å²) < 4.78 is 37.9. The molecule has 2 heterocycles. The summed E-state index contributed by atoms with van der Waals surface area (Å²) in [6.45, 7) is 3.76. The maximum absolute atomic E-state index is 12.6. The second kappa shape index (κ2) is 6.19. The number of hydrogen-bond acceptors (Lipinski definition) is 3. The summed E-state index contributed by atoms with van der Waals surface area (Å²) >= 11 is 0. The van der Waals surface area contributed by atoms with E-state index in [0.717, 1.165) is 37.2 Å². The van der Waals surface area contributed by atoms with Crippen LogP contribution >= 0.6 is 0 Å². The fourth-order valence-electron chi connectivity index (χ4n) is 3.30. The normalized spacial score (nSPS) is 26.9. The number of likely N-dealkylation sites (tertiary alicyclic amines) is 1. The van der Waals surface area contributed by atoms with Crippen molar-refractivity contribution in [2.45, 2.75) is 38.1 Å². The highest BCUT2D eigenvalue weighted by molar-refractivity contribution is 6.59. The molecule has 0 amide bonds. The highest BCUT2D eigenvalue weighted by Gasteiger charge is 2.36. The van der Waals surface area contributed by atoms with Gasteiger partial charge in [-0.05, 0) is 37.6 Å². The zero-order valence-electron chi connectivity index (χ0n) is 12.9. The Morgan fingerprint density at radius 1 is 1.30 bits per heavy atom. The van der Waals surface area contributed by atoms with E-state index in [4.69, 9.17) is 12.7 Å². The maximum atomic E-state index is 12.6. The molecule has 3 rings (SSSR count). The van der Waals surface area contributed by atoms with E-state index in [2.05, 4.69) is 10.1 Å². The van der Waals surface area contributed by atoms with Crippen LogP contribution in [0.4, 0.5) is 13.2 Å². The minimum atomic E-state index is -4.29. The summed E-state index contributed by atoms with van der Waals surface area (Å²) in [6.07, 6.45) is -2.62. The smallest absolute Gasteiger partial charge is 0.393 e. The Bertz CT molecular complexity index is 588. The van der Waals surface area contributed by atoms with Gasteiger partial charge in [0.2, 0.25) is 0 Å². The van der Waals surface area contributed by atoms with Gasteiger partial charge in [-0.3, -0.25) is 4.90 Å². The number of benzene rings is 1. The van der Waals surface area contributed by atoms with Gasteiger partial charge in [0.25, 0.3) is 0 Å². The molecule has 2 aliphatic rings. The Hall–Kier alpha value is -1.50. The fraction of sp³-hybridized carbons (Fsp3) is 0.562. The van der Waals surface area contributed by atoms with E-state index in [1.54, 1.807) is 12.1 Å². The van der Waals surface area contributed by atoms with Crippen LogP contribution in [0.15, 0.2) is 29.4 Å². The van der Waals surface area contributed by atoms with Crippen LogP contribution in [0.5, 0.6) is 0 Å². The highest BCUT2D eigenvalue weighted by atomic mass is 19.4. The summed E-state index contributed by atoms with van der Waals surface area (Å²) in [4.78, 5) is 7.62. The van der Waals surface area contributed by atoms with Gasteiger partial charge >= 0.3 is 6.18 Å². The van der Waals surface area contributed by atoms with Crippen molar-refractivity contribution >= 4 is 13.5 Å². The first-order valence-electron chi connectivity index (χ1n) is 7.74. The molecule has 0 aliphatic carbocycles. The van der Waals surface area contributed by atoms with E-state index in [1.165, 1.54) is 0 Å². The van der Waals surface area contributed by atoms with Crippen LogP contribution in [-0.2, 0) is 11.0 Å². The van der Waals surface area contributed by atoms with Crippen molar-refractivity contribution in [3.63, 3.8) is 0 Å². The van der Waals surface area contributed by atoms with Crippen LogP contribution in [0, 0.1) is 5.92 Å². The van der Waals surface area contributed by atoms with Crippen molar-refractivity contribution in [3.8, 4) is 0 Å². The van der Waals surface area contributed by atoms with Crippen molar-refractivity contribution in [1.29, 1.82) is 0 Å². The number of rotatable bonds is 3. The van der Waals surface area contributed by atoms with Gasteiger partial charge in [-0.2, -0.15) is 13.2 Å². The summed E-state index contributed by atoms with van der Waals surface area (Å²) in [5.74, 6) is 0.358. The Morgan fingerprint density at radius 3 is 2.57 bits per heavy atom. The van der Waals surface area contributed by atoms with Gasteiger partial charge in [0.05, 0.1) is 5.56 Å². The topological polar surface area (TPSA) is 24.8 Å². The fourth-order valence-corrected chi connectivity index (χ4v) is 3.30. The van der Waals surface area contributed by atoms with E-state index in [1.807, 2.05) is 6.92 Å². The third-order valence-corrected chi connectivity index (χ3v) is 4.77. The van der Waals surface area contributed by atoms with Crippen LogP contribution < -0.4 is 0 Å².